The fourth-order valence-corrected chi connectivity index (χ4v) is 2.53. The normalized spacial score (nSPS) is 28.9. The maximum Gasteiger partial charge on any atom is 0.118 e. The van der Waals surface area contributed by atoms with Crippen molar-refractivity contribution in [1.29, 1.82) is 0 Å². The summed E-state index contributed by atoms with van der Waals surface area (Å²) in [5.41, 5.74) is 1.57. The quantitative estimate of drug-likeness (QED) is 0.819. The van der Waals surface area contributed by atoms with Crippen LogP contribution in [-0.4, -0.2) is 18.8 Å². The van der Waals surface area contributed by atoms with Gasteiger partial charge in [-0.1, -0.05) is 19.1 Å². The van der Waals surface area contributed by atoms with Crippen LogP contribution >= 0.6 is 0 Å². The fourth-order valence-electron chi connectivity index (χ4n) is 2.53. The zero-order chi connectivity index (χ0) is 10.9. The van der Waals surface area contributed by atoms with Crippen LogP contribution in [-0.2, 0) is 5.41 Å². The highest BCUT2D eigenvalue weighted by Gasteiger charge is 2.52. The van der Waals surface area contributed by atoms with Crippen molar-refractivity contribution in [3.63, 3.8) is 0 Å². The summed E-state index contributed by atoms with van der Waals surface area (Å²) in [6.45, 7) is 2.50. The SMILES string of the molecule is CCC1(c2ccc(OC)cc2)CC1CO. The van der Waals surface area contributed by atoms with Crippen LogP contribution in [0.25, 0.3) is 0 Å². The van der Waals surface area contributed by atoms with Gasteiger partial charge in [0.15, 0.2) is 0 Å². The van der Waals surface area contributed by atoms with Gasteiger partial charge in [-0.05, 0) is 36.5 Å². The van der Waals surface area contributed by atoms with Crippen LogP contribution in [0.5, 0.6) is 5.75 Å². The van der Waals surface area contributed by atoms with E-state index in [-0.39, 0.29) is 5.41 Å². The number of benzene rings is 1. The van der Waals surface area contributed by atoms with E-state index in [2.05, 4.69) is 19.1 Å². The number of hydrogen-bond donors (Lipinski definition) is 1. The van der Waals surface area contributed by atoms with Crippen molar-refractivity contribution in [3.05, 3.63) is 29.8 Å². The van der Waals surface area contributed by atoms with Gasteiger partial charge in [-0.3, -0.25) is 0 Å². The molecule has 1 N–H and O–H groups in total. The molecule has 0 heterocycles. The van der Waals surface area contributed by atoms with E-state index in [1.807, 2.05) is 12.1 Å². The minimum atomic E-state index is 0.237. The van der Waals surface area contributed by atoms with Gasteiger partial charge in [0.2, 0.25) is 0 Å². The predicted molar refractivity (Wildman–Crippen MR) is 60.2 cm³/mol. The second kappa shape index (κ2) is 3.86. The van der Waals surface area contributed by atoms with E-state index in [1.165, 1.54) is 5.56 Å². The van der Waals surface area contributed by atoms with Crippen LogP contribution < -0.4 is 4.74 Å². The summed E-state index contributed by atoms with van der Waals surface area (Å²) >= 11 is 0. The van der Waals surface area contributed by atoms with E-state index < -0.39 is 0 Å². The largest absolute Gasteiger partial charge is 0.497 e. The molecule has 0 bridgehead atoms. The van der Waals surface area contributed by atoms with Gasteiger partial charge >= 0.3 is 0 Å². The predicted octanol–water partition coefficient (Wildman–Crippen LogP) is 2.36. The summed E-state index contributed by atoms with van der Waals surface area (Å²) < 4.78 is 5.14. The van der Waals surface area contributed by atoms with Crippen LogP contribution in [0.4, 0.5) is 0 Å². The Balaban J connectivity index is 2.22. The highest BCUT2D eigenvalue weighted by molar-refractivity contribution is 5.37. The zero-order valence-corrected chi connectivity index (χ0v) is 9.36. The Hall–Kier alpha value is -1.02. The zero-order valence-electron chi connectivity index (χ0n) is 9.36. The molecule has 1 aromatic rings. The van der Waals surface area contributed by atoms with Crippen LogP contribution in [0, 0.1) is 5.92 Å². The second-order valence-electron chi connectivity index (χ2n) is 4.32. The van der Waals surface area contributed by atoms with Crippen molar-refractivity contribution >= 4 is 0 Å². The first-order chi connectivity index (χ1) is 7.26. The van der Waals surface area contributed by atoms with Gasteiger partial charge in [-0.2, -0.15) is 0 Å². The fraction of sp³-hybridized carbons (Fsp3) is 0.538. The molecule has 0 saturated heterocycles. The molecule has 0 aromatic heterocycles. The number of aliphatic hydroxyl groups excluding tert-OH is 1. The van der Waals surface area contributed by atoms with Crippen molar-refractivity contribution in [2.75, 3.05) is 13.7 Å². The van der Waals surface area contributed by atoms with E-state index >= 15 is 0 Å². The standard InChI is InChI=1S/C13H18O2/c1-3-13(8-11(13)9-14)10-4-6-12(15-2)7-5-10/h4-7,11,14H,3,8-9H2,1-2H3. The second-order valence-corrected chi connectivity index (χ2v) is 4.32. The summed E-state index contributed by atoms with van der Waals surface area (Å²) in [7, 11) is 1.68. The molecule has 2 nitrogen and oxygen atoms in total. The van der Waals surface area contributed by atoms with Gasteiger partial charge in [0.05, 0.1) is 7.11 Å². The average Bonchev–Trinajstić information content (AvgIpc) is 3.04. The van der Waals surface area contributed by atoms with Gasteiger partial charge in [0.25, 0.3) is 0 Å². The van der Waals surface area contributed by atoms with E-state index in [0.29, 0.717) is 12.5 Å². The van der Waals surface area contributed by atoms with Crippen LogP contribution in [0.15, 0.2) is 24.3 Å². The van der Waals surface area contributed by atoms with Gasteiger partial charge in [0.1, 0.15) is 5.75 Å². The maximum atomic E-state index is 9.21. The Bertz CT molecular complexity index is 331. The van der Waals surface area contributed by atoms with E-state index in [0.717, 1.165) is 18.6 Å². The lowest BCUT2D eigenvalue weighted by Crippen LogP contribution is -2.10. The smallest absolute Gasteiger partial charge is 0.118 e. The van der Waals surface area contributed by atoms with Crippen LogP contribution in [0.2, 0.25) is 0 Å². The van der Waals surface area contributed by atoms with Crippen LogP contribution in [0.1, 0.15) is 25.3 Å². The highest BCUT2D eigenvalue weighted by atomic mass is 16.5. The lowest BCUT2D eigenvalue weighted by molar-refractivity contribution is 0.262. The molecule has 1 aliphatic carbocycles. The van der Waals surface area contributed by atoms with Crippen LogP contribution in [0.3, 0.4) is 0 Å². The molecule has 2 rings (SSSR count). The topological polar surface area (TPSA) is 29.5 Å². The Morgan fingerprint density at radius 3 is 2.47 bits per heavy atom. The van der Waals surface area contributed by atoms with Crippen molar-refractivity contribution in [3.8, 4) is 5.75 Å². The minimum Gasteiger partial charge on any atom is -0.497 e. The first-order valence-corrected chi connectivity index (χ1v) is 5.52. The Morgan fingerprint density at radius 1 is 1.40 bits per heavy atom. The molecule has 2 heteroatoms. The average molecular weight is 206 g/mol. The van der Waals surface area contributed by atoms with Crippen molar-refractivity contribution in [2.24, 2.45) is 5.92 Å². The molecule has 0 radical (unpaired) electrons. The molecule has 0 amide bonds. The van der Waals surface area contributed by atoms with E-state index in [9.17, 15) is 5.11 Å². The Morgan fingerprint density at radius 2 is 2.07 bits per heavy atom. The lowest BCUT2D eigenvalue weighted by atomic mass is 9.90. The number of methoxy groups -OCH3 is 1. The molecular weight excluding hydrogens is 188 g/mol. The number of rotatable bonds is 4. The minimum absolute atomic E-state index is 0.237. The summed E-state index contributed by atoms with van der Waals surface area (Å²) in [5.74, 6) is 1.35. The Kier molecular flexibility index (Phi) is 2.70. The summed E-state index contributed by atoms with van der Waals surface area (Å²) in [4.78, 5) is 0. The third-order valence-corrected chi connectivity index (χ3v) is 3.75. The lowest BCUT2D eigenvalue weighted by Gasteiger charge is -2.15. The first kappa shape index (κ1) is 10.5. The molecule has 0 aliphatic heterocycles. The summed E-state index contributed by atoms with van der Waals surface area (Å²) in [5, 5.41) is 9.21. The molecule has 1 saturated carbocycles. The number of hydrogen-bond acceptors (Lipinski definition) is 2. The van der Waals surface area contributed by atoms with Crippen molar-refractivity contribution < 1.29 is 9.84 Å². The molecule has 1 aromatic carbocycles. The van der Waals surface area contributed by atoms with Gasteiger partial charge in [-0.25, -0.2) is 0 Å². The molecular formula is C13H18O2. The van der Waals surface area contributed by atoms with Gasteiger partial charge in [-0.15, -0.1) is 0 Å². The van der Waals surface area contributed by atoms with E-state index in [4.69, 9.17) is 4.74 Å². The maximum absolute atomic E-state index is 9.21. The molecule has 1 fully saturated rings. The highest BCUT2D eigenvalue weighted by Crippen LogP contribution is 2.56. The summed E-state index contributed by atoms with van der Waals surface area (Å²) in [6, 6.07) is 8.25. The third kappa shape index (κ3) is 1.63. The molecule has 2 atom stereocenters. The molecule has 1 aliphatic rings. The Labute approximate surface area is 90.9 Å². The first-order valence-electron chi connectivity index (χ1n) is 5.52. The van der Waals surface area contributed by atoms with Gasteiger partial charge in [0, 0.05) is 12.0 Å². The number of aliphatic hydroxyl groups is 1. The monoisotopic (exact) mass is 206 g/mol. The van der Waals surface area contributed by atoms with E-state index in [1.54, 1.807) is 7.11 Å². The molecule has 82 valence electrons. The molecule has 2 unspecified atom stereocenters. The third-order valence-electron chi connectivity index (χ3n) is 3.75. The van der Waals surface area contributed by atoms with Crippen molar-refractivity contribution in [1.82, 2.24) is 0 Å². The molecule has 0 spiro atoms. The molecule has 15 heavy (non-hydrogen) atoms. The van der Waals surface area contributed by atoms with Gasteiger partial charge < -0.3 is 9.84 Å². The summed E-state index contributed by atoms with van der Waals surface area (Å²) in [6.07, 6.45) is 2.22. The van der Waals surface area contributed by atoms with Crippen molar-refractivity contribution in [2.45, 2.75) is 25.2 Å². The number of ether oxygens (including phenoxy) is 1.